The summed E-state index contributed by atoms with van der Waals surface area (Å²) in [6.45, 7) is 20.3. The second-order valence-electron chi connectivity index (χ2n) is 18.4. The first-order chi connectivity index (χ1) is 28.8. The molecule has 2 heterocycles. The number of amides is 3. The molecule has 1 saturated heterocycles. The Bertz CT molecular complexity index is 1710. The number of carboxylic acids is 1. The molecule has 0 aliphatic carbocycles. The van der Waals surface area contributed by atoms with E-state index in [0.29, 0.717) is 24.4 Å². The predicted octanol–water partition coefficient (Wildman–Crippen LogP) is 8.25. The van der Waals surface area contributed by atoms with Crippen LogP contribution in [0.5, 0.6) is 0 Å². The topological polar surface area (TPSA) is 170 Å². The number of aromatic nitrogens is 1. The van der Waals surface area contributed by atoms with E-state index in [1.54, 1.807) is 19.2 Å². The van der Waals surface area contributed by atoms with E-state index in [1.165, 1.54) is 18.3 Å². The smallest absolute Gasteiger partial charge is 0.309 e. The van der Waals surface area contributed by atoms with Gasteiger partial charge in [-0.2, -0.15) is 0 Å². The molecular weight excluding hydrogens is 793 g/mol. The van der Waals surface area contributed by atoms with Gasteiger partial charge in [0.15, 0.2) is 6.10 Å². The van der Waals surface area contributed by atoms with Gasteiger partial charge in [-0.3, -0.25) is 28.9 Å². The number of rotatable bonds is 25. The number of unbranched alkanes of at least 4 members (excludes halogenated alkanes) is 3. The monoisotopic (exact) mass is 869 g/mol. The van der Waals surface area contributed by atoms with E-state index in [1.807, 2.05) is 63.9 Å². The van der Waals surface area contributed by atoms with E-state index in [9.17, 15) is 29.1 Å². The van der Waals surface area contributed by atoms with Gasteiger partial charge in [0.2, 0.25) is 11.8 Å². The molecule has 0 spiro atoms. The average molecular weight is 869 g/mol. The number of likely N-dealkylation sites (N-methyl/N-ethyl adjacent to an activating group) is 1. The first kappa shape index (κ1) is 51.3. The molecule has 14 heteroatoms. The number of anilines is 1. The third kappa shape index (κ3) is 16.0. The lowest BCUT2D eigenvalue weighted by Gasteiger charge is -2.40. The van der Waals surface area contributed by atoms with Gasteiger partial charge in [-0.25, -0.2) is 4.98 Å². The third-order valence-electron chi connectivity index (χ3n) is 11.9. The van der Waals surface area contributed by atoms with Crippen molar-refractivity contribution in [2.45, 2.75) is 176 Å². The van der Waals surface area contributed by atoms with Crippen molar-refractivity contribution in [1.82, 2.24) is 25.4 Å². The van der Waals surface area contributed by atoms with Gasteiger partial charge in [-0.15, -0.1) is 11.3 Å². The number of piperidine rings is 1. The van der Waals surface area contributed by atoms with Gasteiger partial charge in [0.05, 0.1) is 11.5 Å². The molecule has 0 bridgehead atoms. The van der Waals surface area contributed by atoms with Crippen LogP contribution in [0.1, 0.15) is 161 Å². The lowest BCUT2D eigenvalue weighted by atomic mass is 9.84. The normalized spacial score (nSPS) is 17.2. The number of aliphatic carboxylic acids is 1. The average Bonchev–Trinajstić information content (AvgIpc) is 3.69. The summed E-state index contributed by atoms with van der Waals surface area (Å²) in [7, 11) is 1.96. The summed E-state index contributed by atoms with van der Waals surface area (Å²) in [5.74, 6) is -2.37. The minimum atomic E-state index is -1.11. The molecular formula is C47H76N6O7S. The summed E-state index contributed by atoms with van der Waals surface area (Å²) >= 11 is 1.21. The summed E-state index contributed by atoms with van der Waals surface area (Å²) < 4.78 is 5.95. The van der Waals surface area contributed by atoms with Crippen LogP contribution in [0.2, 0.25) is 0 Å². The fourth-order valence-electron chi connectivity index (χ4n) is 8.08. The fraction of sp³-hybridized carbons (Fsp3) is 0.702. The van der Waals surface area contributed by atoms with Crippen LogP contribution in [0, 0.1) is 17.3 Å². The van der Waals surface area contributed by atoms with Gasteiger partial charge in [0, 0.05) is 49.1 Å². The maximum absolute atomic E-state index is 14.9. The molecule has 13 nitrogen and oxygen atoms in total. The molecule has 1 aliphatic heterocycles. The number of benzene rings is 1. The number of hydrogen-bond acceptors (Lipinski definition) is 10. The highest BCUT2D eigenvalue weighted by Crippen LogP contribution is 2.32. The van der Waals surface area contributed by atoms with Gasteiger partial charge < -0.3 is 30.7 Å². The van der Waals surface area contributed by atoms with Gasteiger partial charge in [-0.05, 0) is 103 Å². The molecule has 2 aromatic rings. The Morgan fingerprint density at radius 1 is 1.00 bits per heavy atom. The highest BCUT2D eigenvalue weighted by molar-refractivity contribution is 7.09. The Hall–Kier alpha value is -4.04. The highest BCUT2D eigenvalue weighted by atomic mass is 32.1. The molecule has 0 unspecified atom stereocenters. The lowest BCUT2D eigenvalue weighted by molar-refractivity contribution is -0.150. The number of carbonyl (C=O) groups is 5. The van der Waals surface area contributed by atoms with E-state index < -0.39 is 41.4 Å². The minimum absolute atomic E-state index is 0.0535. The highest BCUT2D eigenvalue weighted by Gasteiger charge is 2.39. The van der Waals surface area contributed by atoms with E-state index in [4.69, 9.17) is 9.72 Å². The Morgan fingerprint density at radius 3 is 2.26 bits per heavy atom. The zero-order valence-electron chi connectivity index (χ0n) is 38.8. The van der Waals surface area contributed by atoms with Crippen molar-refractivity contribution in [1.29, 1.82) is 0 Å². The second kappa shape index (κ2) is 24.6. The molecule has 4 N–H and O–H groups in total. The maximum atomic E-state index is 14.9. The number of carbonyl (C=O) groups excluding carboxylic acids is 4. The maximum Gasteiger partial charge on any atom is 0.309 e. The Morgan fingerprint density at radius 2 is 1.69 bits per heavy atom. The van der Waals surface area contributed by atoms with Crippen molar-refractivity contribution < 1.29 is 33.8 Å². The summed E-state index contributed by atoms with van der Waals surface area (Å²) in [5, 5.41) is 21.6. The van der Waals surface area contributed by atoms with Crippen LogP contribution in [0.4, 0.5) is 5.69 Å². The van der Waals surface area contributed by atoms with Crippen molar-refractivity contribution in [3.63, 3.8) is 0 Å². The van der Waals surface area contributed by atoms with Gasteiger partial charge in [0.25, 0.3) is 5.91 Å². The van der Waals surface area contributed by atoms with Crippen LogP contribution in [0.25, 0.3) is 0 Å². The van der Waals surface area contributed by atoms with Crippen molar-refractivity contribution in [2.24, 2.45) is 17.3 Å². The van der Waals surface area contributed by atoms with Crippen molar-refractivity contribution in [2.75, 3.05) is 25.5 Å². The molecule has 61 heavy (non-hydrogen) atoms. The van der Waals surface area contributed by atoms with Crippen LogP contribution in [-0.4, -0.2) is 99.9 Å². The van der Waals surface area contributed by atoms with Crippen LogP contribution in [-0.2, 0) is 30.3 Å². The van der Waals surface area contributed by atoms with Gasteiger partial charge in [0.1, 0.15) is 16.7 Å². The standard InChI is InChI=1S/C47H76N6O7S/c1-12-14-15-17-25-53(45(57)41(32(7)13-2)51-43(56)38-19-16-18-24-52(38)11)39(30(3)4)27-40(60-33(8)54)44-50-37(29-61-44)42(55)49-36(28-47(9,10)46(58)59)26-34-20-22-35(23-21-34)48-31(5)6/h20-23,29-32,36,38-41,48H,12-19,24-28H2,1-11H3,(H,49,55)(H,51,56)(H,58,59)/t32-,36-,38+,39+,40+,41-/m0/s1. The SMILES string of the molecule is CCCCCCN(C(=O)[C@@H](NC(=O)[C@H]1CCCCN1C)[C@@H](C)CC)[C@H](C[C@@H](OC(C)=O)c1nc(C(=O)N[C@@H](Cc2ccc(NC(C)C)cc2)CC(C)(C)C(=O)O)cs1)C(C)C. The van der Waals surface area contributed by atoms with E-state index in [0.717, 1.165) is 62.7 Å². The molecule has 3 amide bonds. The Balaban J connectivity index is 1.94. The quantitative estimate of drug-likeness (QED) is 0.0563. The summed E-state index contributed by atoms with van der Waals surface area (Å²) in [5.41, 5.74) is 0.933. The molecule has 1 aliphatic rings. The summed E-state index contributed by atoms with van der Waals surface area (Å²) in [6, 6.07) is 6.24. The zero-order valence-corrected chi connectivity index (χ0v) is 39.7. The second-order valence-corrected chi connectivity index (χ2v) is 19.3. The fourth-order valence-corrected chi connectivity index (χ4v) is 8.92. The van der Waals surface area contributed by atoms with Crippen LogP contribution in [0.3, 0.4) is 0 Å². The number of ether oxygens (including phenoxy) is 1. The van der Waals surface area contributed by atoms with Crippen molar-refractivity contribution >= 4 is 46.7 Å². The molecule has 1 fully saturated rings. The molecule has 3 rings (SSSR count). The van der Waals surface area contributed by atoms with E-state index in [2.05, 4.69) is 41.6 Å². The number of nitrogens with one attached hydrogen (secondary N) is 3. The first-order valence-electron chi connectivity index (χ1n) is 22.6. The molecule has 0 saturated carbocycles. The van der Waals surface area contributed by atoms with E-state index >= 15 is 0 Å². The predicted molar refractivity (Wildman–Crippen MR) is 244 cm³/mol. The molecule has 1 aromatic carbocycles. The third-order valence-corrected chi connectivity index (χ3v) is 12.8. The van der Waals surface area contributed by atoms with Crippen LogP contribution < -0.4 is 16.0 Å². The van der Waals surface area contributed by atoms with Crippen LogP contribution in [0.15, 0.2) is 29.6 Å². The zero-order chi connectivity index (χ0) is 45.4. The first-order valence-corrected chi connectivity index (χ1v) is 23.5. The molecule has 1 aromatic heterocycles. The Labute approximate surface area is 369 Å². The van der Waals surface area contributed by atoms with Gasteiger partial charge in [-0.1, -0.05) is 78.9 Å². The number of nitrogens with zero attached hydrogens (tertiary/aromatic N) is 3. The summed E-state index contributed by atoms with van der Waals surface area (Å²) in [6.07, 6.45) is 7.25. The molecule has 6 atom stereocenters. The minimum Gasteiger partial charge on any atom is -0.481 e. The Kier molecular flexibility index (Phi) is 20.7. The van der Waals surface area contributed by atoms with Crippen molar-refractivity contribution in [3.05, 3.63) is 45.9 Å². The lowest BCUT2D eigenvalue weighted by Crippen LogP contribution is -2.59. The van der Waals surface area contributed by atoms with Crippen molar-refractivity contribution in [3.8, 4) is 0 Å². The van der Waals surface area contributed by atoms with Crippen LogP contribution >= 0.6 is 11.3 Å². The number of hydrogen-bond donors (Lipinski definition) is 4. The number of esters is 1. The van der Waals surface area contributed by atoms with Gasteiger partial charge >= 0.3 is 11.9 Å². The summed E-state index contributed by atoms with van der Waals surface area (Å²) in [4.78, 5) is 76.1. The number of thiazole rings is 1. The molecule has 342 valence electrons. The van der Waals surface area contributed by atoms with E-state index in [-0.39, 0.29) is 60.3 Å². The largest absolute Gasteiger partial charge is 0.481 e. The number of carboxylic acid groups (broad SMARTS) is 1. The molecule has 0 radical (unpaired) electrons. The number of likely N-dealkylation sites (tertiary alicyclic amines) is 1.